The van der Waals surface area contributed by atoms with E-state index in [1.54, 1.807) is 4.68 Å². The fourth-order valence-electron chi connectivity index (χ4n) is 1.60. The summed E-state index contributed by atoms with van der Waals surface area (Å²) in [7, 11) is 1.91. The van der Waals surface area contributed by atoms with E-state index >= 15 is 0 Å². The topological polar surface area (TPSA) is 39.1 Å². The molecule has 4 heteroatoms. The first-order valence-electron chi connectivity index (χ1n) is 6.08. The fraction of sp³-hybridized carbons (Fsp3) is 0.750. The summed E-state index contributed by atoms with van der Waals surface area (Å²) in [5.41, 5.74) is 1.00. The average molecular weight is 225 g/mol. The highest BCUT2D eigenvalue weighted by Gasteiger charge is 2.01. The molecule has 0 saturated carbocycles. The Balaban J connectivity index is 2.05. The SMILES string of the molecule is CCNCCCCCOc1cc(C)nn1C. The van der Waals surface area contributed by atoms with Crippen LogP contribution in [0.3, 0.4) is 0 Å². The van der Waals surface area contributed by atoms with Gasteiger partial charge < -0.3 is 10.1 Å². The Kier molecular flexibility index (Phi) is 5.93. The van der Waals surface area contributed by atoms with Crippen molar-refractivity contribution in [3.8, 4) is 5.88 Å². The Morgan fingerprint density at radius 2 is 2.19 bits per heavy atom. The van der Waals surface area contributed by atoms with Crippen LogP contribution in [0.1, 0.15) is 31.9 Å². The number of nitrogens with zero attached hydrogens (tertiary/aromatic N) is 2. The molecular formula is C12H23N3O. The van der Waals surface area contributed by atoms with Gasteiger partial charge in [-0.05, 0) is 39.3 Å². The molecule has 1 aromatic heterocycles. The summed E-state index contributed by atoms with van der Waals surface area (Å²) in [5.74, 6) is 0.865. The van der Waals surface area contributed by atoms with Gasteiger partial charge in [0.05, 0.1) is 12.3 Å². The number of hydrogen-bond acceptors (Lipinski definition) is 3. The highest BCUT2D eigenvalue weighted by molar-refractivity contribution is 5.14. The van der Waals surface area contributed by atoms with Gasteiger partial charge in [0.15, 0.2) is 0 Å². The molecule has 0 aliphatic rings. The van der Waals surface area contributed by atoms with Crippen molar-refractivity contribution >= 4 is 0 Å². The summed E-state index contributed by atoms with van der Waals surface area (Å²) in [6.07, 6.45) is 3.54. The highest BCUT2D eigenvalue weighted by Crippen LogP contribution is 2.11. The molecule has 0 radical (unpaired) electrons. The van der Waals surface area contributed by atoms with Gasteiger partial charge in [-0.25, -0.2) is 4.68 Å². The zero-order valence-corrected chi connectivity index (χ0v) is 10.6. The molecule has 1 heterocycles. The lowest BCUT2D eigenvalue weighted by atomic mass is 10.2. The summed E-state index contributed by atoms with van der Waals surface area (Å²) in [5, 5.41) is 7.55. The third kappa shape index (κ3) is 4.66. The molecule has 0 aliphatic heterocycles. The molecule has 0 amide bonds. The van der Waals surface area contributed by atoms with E-state index in [9.17, 15) is 0 Å². The smallest absolute Gasteiger partial charge is 0.211 e. The predicted molar refractivity (Wildman–Crippen MR) is 65.8 cm³/mol. The molecule has 0 bridgehead atoms. The lowest BCUT2D eigenvalue weighted by molar-refractivity contribution is 0.280. The van der Waals surface area contributed by atoms with Crippen LogP contribution >= 0.6 is 0 Å². The van der Waals surface area contributed by atoms with Crippen molar-refractivity contribution in [3.05, 3.63) is 11.8 Å². The van der Waals surface area contributed by atoms with E-state index < -0.39 is 0 Å². The lowest BCUT2D eigenvalue weighted by Gasteiger charge is -2.05. The molecule has 0 unspecified atom stereocenters. The standard InChI is InChI=1S/C12H23N3O/c1-4-13-8-6-5-7-9-16-12-10-11(2)14-15(12)3/h10,13H,4-9H2,1-3H3. The van der Waals surface area contributed by atoms with Crippen LogP contribution < -0.4 is 10.1 Å². The molecule has 4 nitrogen and oxygen atoms in total. The number of unbranched alkanes of at least 4 members (excludes halogenated alkanes) is 2. The van der Waals surface area contributed by atoms with E-state index in [0.717, 1.165) is 37.7 Å². The van der Waals surface area contributed by atoms with Crippen LogP contribution in [0, 0.1) is 6.92 Å². The number of hydrogen-bond donors (Lipinski definition) is 1. The van der Waals surface area contributed by atoms with Crippen LogP contribution in [0.4, 0.5) is 0 Å². The maximum absolute atomic E-state index is 5.64. The van der Waals surface area contributed by atoms with E-state index in [0.29, 0.717) is 0 Å². The minimum Gasteiger partial charge on any atom is -0.478 e. The van der Waals surface area contributed by atoms with Gasteiger partial charge in [0, 0.05) is 13.1 Å². The predicted octanol–water partition coefficient (Wildman–Crippen LogP) is 1.89. The molecule has 0 saturated heterocycles. The van der Waals surface area contributed by atoms with Gasteiger partial charge >= 0.3 is 0 Å². The van der Waals surface area contributed by atoms with Crippen molar-refractivity contribution in [3.63, 3.8) is 0 Å². The van der Waals surface area contributed by atoms with Crippen molar-refractivity contribution < 1.29 is 4.74 Å². The van der Waals surface area contributed by atoms with Gasteiger partial charge in [-0.2, -0.15) is 5.10 Å². The minimum atomic E-state index is 0.783. The summed E-state index contributed by atoms with van der Waals surface area (Å²) >= 11 is 0. The lowest BCUT2D eigenvalue weighted by Crippen LogP contribution is -2.14. The molecule has 0 fully saturated rings. The maximum atomic E-state index is 5.64. The van der Waals surface area contributed by atoms with E-state index in [4.69, 9.17) is 4.74 Å². The van der Waals surface area contributed by atoms with Crippen LogP contribution in [0.2, 0.25) is 0 Å². The molecule has 0 aromatic carbocycles. The number of nitrogens with one attached hydrogen (secondary N) is 1. The number of aromatic nitrogens is 2. The zero-order chi connectivity index (χ0) is 11.8. The Hall–Kier alpha value is -1.03. The molecule has 0 spiro atoms. The first-order valence-corrected chi connectivity index (χ1v) is 6.08. The summed E-state index contributed by atoms with van der Waals surface area (Å²) < 4.78 is 7.43. The summed E-state index contributed by atoms with van der Waals surface area (Å²) in [6, 6.07) is 1.97. The van der Waals surface area contributed by atoms with E-state index in [1.807, 2.05) is 20.0 Å². The van der Waals surface area contributed by atoms with Crippen molar-refractivity contribution in [2.45, 2.75) is 33.1 Å². The van der Waals surface area contributed by atoms with Crippen molar-refractivity contribution in [1.82, 2.24) is 15.1 Å². The molecule has 92 valence electrons. The van der Waals surface area contributed by atoms with Gasteiger partial charge in [-0.1, -0.05) is 6.92 Å². The third-order valence-corrected chi connectivity index (χ3v) is 2.46. The van der Waals surface area contributed by atoms with Crippen LogP contribution in [-0.4, -0.2) is 29.5 Å². The zero-order valence-electron chi connectivity index (χ0n) is 10.6. The summed E-state index contributed by atoms with van der Waals surface area (Å²) in [6.45, 7) is 7.06. The van der Waals surface area contributed by atoms with E-state index in [-0.39, 0.29) is 0 Å². The van der Waals surface area contributed by atoms with Crippen molar-refractivity contribution in [2.24, 2.45) is 7.05 Å². The Morgan fingerprint density at radius 3 is 2.81 bits per heavy atom. The second-order valence-corrected chi connectivity index (χ2v) is 4.01. The first-order chi connectivity index (χ1) is 7.74. The van der Waals surface area contributed by atoms with Crippen LogP contribution in [0.25, 0.3) is 0 Å². The number of aryl methyl sites for hydroxylation is 2. The second-order valence-electron chi connectivity index (χ2n) is 4.01. The first kappa shape index (κ1) is 13.0. The molecule has 1 aromatic rings. The molecule has 1 rings (SSSR count). The minimum absolute atomic E-state index is 0.783. The monoisotopic (exact) mass is 225 g/mol. The van der Waals surface area contributed by atoms with Gasteiger partial charge in [0.1, 0.15) is 0 Å². The largest absolute Gasteiger partial charge is 0.478 e. The van der Waals surface area contributed by atoms with Gasteiger partial charge in [-0.15, -0.1) is 0 Å². The van der Waals surface area contributed by atoms with Crippen LogP contribution in [0.15, 0.2) is 6.07 Å². The van der Waals surface area contributed by atoms with Gasteiger partial charge in [0.2, 0.25) is 5.88 Å². The number of ether oxygens (including phenoxy) is 1. The van der Waals surface area contributed by atoms with E-state index in [2.05, 4.69) is 17.3 Å². The van der Waals surface area contributed by atoms with Crippen molar-refractivity contribution in [2.75, 3.05) is 19.7 Å². The molecule has 0 atom stereocenters. The summed E-state index contributed by atoms with van der Waals surface area (Å²) in [4.78, 5) is 0. The normalized spacial score (nSPS) is 10.7. The molecule has 16 heavy (non-hydrogen) atoms. The Labute approximate surface area is 98.0 Å². The molecule has 1 N–H and O–H groups in total. The van der Waals surface area contributed by atoms with Crippen LogP contribution in [0.5, 0.6) is 5.88 Å². The van der Waals surface area contributed by atoms with Gasteiger partial charge in [0.25, 0.3) is 0 Å². The maximum Gasteiger partial charge on any atom is 0.211 e. The number of rotatable bonds is 8. The second kappa shape index (κ2) is 7.28. The third-order valence-electron chi connectivity index (χ3n) is 2.46. The molecule has 0 aliphatic carbocycles. The van der Waals surface area contributed by atoms with E-state index in [1.165, 1.54) is 12.8 Å². The Bertz CT molecular complexity index is 296. The quantitative estimate of drug-likeness (QED) is 0.687. The fourth-order valence-corrected chi connectivity index (χ4v) is 1.60. The average Bonchev–Trinajstić information content (AvgIpc) is 2.56. The molecular weight excluding hydrogens is 202 g/mol. The highest BCUT2D eigenvalue weighted by atomic mass is 16.5. The van der Waals surface area contributed by atoms with Crippen LogP contribution in [-0.2, 0) is 7.05 Å². The van der Waals surface area contributed by atoms with Crippen molar-refractivity contribution in [1.29, 1.82) is 0 Å². The Morgan fingerprint density at radius 1 is 1.38 bits per heavy atom. The van der Waals surface area contributed by atoms with Gasteiger partial charge in [-0.3, -0.25) is 0 Å².